The standard InChI is InChI=1S/C25H29N5O2S/c1-16(2)25(5,20-11-10-19(14-28-20)31-15-21-27-12-13-33-21)18-8-6-17(7-9-18)22-29-23(32-30-22)24(3,4)26/h6-14,16H,15,26H2,1-5H3. The van der Waals surface area contributed by atoms with Crippen molar-refractivity contribution in [3.8, 4) is 17.1 Å². The summed E-state index contributed by atoms with van der Waals surface area (Å²) in [6, 6.07) is 12.3. The molecular formula is C25H29N5O2S. The lowest BCUT2D eigenvalue weighted by Gasteiger charge is -2.34. The van der Waals surface area contributed by atoms with Gasteiger partial charge in [-0.3, -0.25) is 4.98 Å². The zero-order chi connectivity index (χ0) is 23.6. The number of benzene rings is 1. The summed E-state index contributed by atoms with van der Waals surface area (Å²) in [6.07, 6.45) is 3.56. The number of ether oxygens (including phenoxy) is 1. The minimum Gasteiger partial charge on any atom is -0.485 e. The van der Waals surface area contributed by atoms with Gasteiger partial charge in [-0.05, 0) is 44.4 Å². The van der Waals surface area contributed by atoms with Crippen LogP contribution in [0.5, 0.6) is 5.75 Å². The fourth-order valence-electron chi connectivity index (χ4n) is 3.59. The average molecular weight is 464 g/mol. The highest BCUT2D eigenvalue weighted by molar-refractivity contribution is 7.09. The molecule has 0 aliphatic heterocycles. The van der Waals surface area contributed by atoms with Crippen LogP contribution < -0.4 is 10.5 Å². The average Bonchev–Trinajstić information content (AvgIpc) is 3.50. The Hall–Kier alpha value is -3.10. The Kier molecular flexibility index (Phi) is 6.32. The van der Waals surface area contributed by atoms with E-state index in [0.29, 0.717) is 24.2 Å². The van der Waals surface area contributed by atoms with E-state index >= 15 is 0 Å². The van der Waals surface area contributed by atoms with Crippen LogP contribution >= 0.6 is 11.3 Å². The normalized spacial score (nSPS) is 13.8. The van der Waals surface area contributed by atoms with Gasteiger partial charge in [-0.2, -0.15) is 4.98 Å². The molecule has 1 aromatic carbocycles. The Labute approximate surface area is 198 Å². The summed E-state index contributed by atoms with van der Waals surface area (Å²) in [5.41, 5.74) is 8.13. The lowest BCUT2D eigenvalue weighted by atomic mass is 9.70. The molecule has 4 rings (SSSR count). The molecule has 4 aromatic rings. The minimum absolute atomic E-state index is 0.284. The molecule has 3 heterocycles. The molecule has 0 radical (unpaired) electrons. The second kappa shape index (κ2) is 9.03. The molecule has 2 N–H and O–H groups in total. The van der Waals surface area contributed by atoms with Gasteiger partial charge in [0.05, 0.1) is 17.4 Å². The van der Waals surface area contributed by atoms with E-state index in [1.165, 1.54) is 0 Å². The van der Waals surface area contributed by atoms with Gasteiger partial charge >= 0.3 is 0 Å². The molecule has 33 heavy (non-hydrogen) atoms. The van der Waals surface area contributed by atoms with Gasteiger partial charge in [-0.25, -0.2) is 4.98 Å². The molecule has 0 spiro atoms. The molecule has 0 bridgehead atoms. The van der Waals surface area contributed by atoms with E-state index in [1.54, 1.807) is 23.7 Å². The van der Waals surface area contributed by atoms with E-state index in [4.69, 9.17) is 20.0 Å². The van der Waals surface area contributed by atoms with Crippen LogP contribution in [-0.4, -0.2) is 20.1 Å². The molecule has 1 unspecified atom stereocenters. The quantitative estimate of drug-likeness (QED) is 0.377. The van der Waals surface area contributed by atoms with Crippen LogP contribution in [0.3, 0.4) is 0 Å². The first kappa shape index (κ1) is 23.1. The van der Waals surface area contributed by atoms with Crippen LogP contribution in [0.2, 0.25) is 0 Å². The van der Waals surface area contributed by atoms with Crippen LogP contribution in [0.4, 0.5) is 0 Å². The molecule has 7 nitrogen and oxygen atoms in total. The predicted octanol–water partition coefficient (Wildman–Crippen LogP) is 5.32. The minimum atomic E-state index is -0.677. The zero-order valence-corrected chi connectivity index (χ0v) is 20.4. The molecule has 8 heteroatoms. The Morgan fingerprint density at radius 2 is 1.82 bits per heavy atom. The van der Waals surface area contributed by atoms with E-state index in [1.807, 2.05) is 43.5 Å². The van der Waals surface area contributed by atoms with Crippen molar-refractivity contribution in [3.05, 3.63) is 76.3 Å². The van der Waals surface area contributed by atoms with E-state index in [2.05, 4.69) is 48.0 Å². The summed E-state index contributed by atoms with van der Waals surface area (Å²) in [5.74, 6) is 1.98. The van der Waals surface area contributed by atoms with Gasteiger partial charge in [0.25, 0.3) is 0 Å². The van der Waals surface area contributed by atoms with E-state index in [-0.39, 0.29) is 5.41 Å². The fourth-order valence-corrected chi connectivity index (χ4v) is 4.11. The van der Waals surface area contributed by atoms with Gasteiger partial charge in [0.1, 0.15) is 17.4 Å². The highest BCUT2D eigenvalue weighted by atomic mass is 32.1. The molecule has 3 aromatic heterocycles. The molecular weight excluding hydrogens is 434 g/mol. The molecule has 0 amide bonds. The zero-order valence-electron chi connectivity index (χ0n) is 19.6. The van der Waals surface area contributed by atoms with E-state index < -0.39 is 5.54 Å². The van der Waals surface area contributed by atoms with E-state index in [9.17, 15) is 0 Å². The molecule has 0 saturated heterocycles. The van der Waals surface area contributed by atoms with Crippen molar-refractivity contribution in [2.24, 2.45) is 11.7 Å². The summed E-state index contributed by atoms with van der Waals surface area (Å²) in [5, 5.41) is 6.97. The topological polar surface area (TPSA) is 100.0 Å². The fraction of sp³-hybridized carbons (Fsp3) is 0.360. The highest BCUT2D eigenvalue weighted by Gasteiger charge is 2.34. The van der Waals surface area contributed by atoms with Crippen molar-refractivity contribution in [1.29, 1.82) is 0 Å². The van der Waals surface area contributed by atoms with Crippen LogP contribution in [0.15, 0.2) is 58.7 Å². The first-order valence-corrected chi connectivity index (χ1v) is 11.8. The predicted molar refractivity (Wildman–Crippen MR) is 129 cm³/mol. The second-order valence-corrected chi connectivity index (χ2v) is 10.2. The van der Waals surface area contributed by atoms with Crippen molar-refractivity contribution < 1.29 is 9.26 Å². The second-order valence-electron chi connectivity index (χ2n) is 9.17. The third-order valence-corrected chi connectivity index (χ3v) is 6.74. The largest absolute Gasteiger partial charge is 0.485 e. The van der Waals surface area contributed by atoms with Gasteiger partial charge < -0.3 is 15.0 Å². The lowest BCUT2D eigenvalue weighted by molar-refractivity contribution is 0.303. The Bertz CT molecular complexity index is 1180. The first-order chi connectivity index (χ1) is 15.7. The van der Waals surface area contributed by atoms with Crippen molar-refractivity contribution in [2.45, 2.75) is 52.2 Å². The van der Waals surface area contributed by atoms with Gasteiger partial charge in [0, 0.05) is 22.6 Å². The number of nitrogens with two attached hydrogens (primary N) is 1. The van der Waals surface area contributed by atoms with Gasteiger partial charge in [-0.1, -0.05) is 43.3 Å². The maximum Gasteiger partial charge on any atom is 0.246 e. The smallest absolute Gasteiger partial charge is 0.246 e. The molecule has 172 valence electrons. The summed E-state index contributed by atoms with van der Waals surface area (Å²) in [7, 11) is 0. The Morgan fingerprint density at radius 3 is 2.36 bits per heavy atom. The van der Waals surface area contributed by atoms with Gasteiger partial charge in [0.15, 0.2) is 0 Å². The van der Waals surface area contributed by atoms with Crippen LogP contribution in [-0.2, 0) is 17.6 Å². The maximum atomic E-state index is 6.07. The van der Waals surface area contributed by atoms with Crippen LogP contribution in [0, 0.1) is 5.92 Å². The Morgan fingerprint density at radius 1 is 1.06 bits per heavy atom. The third-order valence-electron chi connectivity index (χ3n) is 5.99. The van der Waals surface area contributed by atoms with Crippen molar-refractivity contribution >= 4 is 11.3 Å². The first-order valence-electron chi connectivity index (χ1n) is 10.9. The number of thiazole rings is 1. The van der Waals surface area contributed by atoms with Crippen molar-refractivity contribution in [1.82, 2.24) is 20.1 Å². The van der Waals surface area contributed by atoms with Gasteiger partial charge in [-0.15, -0.1) is 11.3 Å². The van der Waals surface area contributed by atoms with Crippen molar-refractivity contribution in [2.75, 3.05) is 0 Å². The number of hydrogen-bond acceptors (Lipinski definition) is 8. The number of nitrogens with zero attached hydrogens (tertiary/aromatic N) is 4. The number of pyridine rings is 1. The SMILES string of the molecule is CC(C)C(C)(c1ccc(-c2noc(C(C)(C)N)n2)cc1)c1ccc(OCc2nccs2)cn1. The molecule has 0 aliphatic rings. The number of aromatic nitrogens is 4. The highest BCUT2D eigenvalue weighted by Crippen LogP contribution is 2.39. The number of rotatable bonds is 8. The summed E-state index contributed by atoms with van der Waals surface area (Å²) >= 11 is 1.58. The Balaban J connectivity index is 1.56. The summed E-state index contributed by atoms with van der Waals surface area (Å²) < 4.78 is 11.2. The maximum absolute atomic E-state index is 6.07. The molecule has 0 aliphatic carbocycles. The third kappa shape index (κ3) is 4.82. The van der Waals surface area contributed by atoms with Crippen LogP contribution in [0.1, 0.15) is 56.8 Å². The molecule has 0 saturated carbocycles. The molecule has 0 fully saturated rings. The van der Waals surface area contributed by atoms with Gasteiger partial charge in [0.2, 0.25) is 11.7 Å². The number of hydrogen-bond donors (Lipinski definition) is 1. The molecule has 1 atom stereocenters. The summed E-state index contributed by atoms with van der Waals surface area (Å²) in [4.78, 5) is 13.5. The van der Waals surface area contributed by atoms with Crippen molar-refractivity contribution in [3.63, 3.8) is 0 Å². The lowest BCUT2D eigenvalue weighted by Crippen LogP contribution is -2.31. The monoisotopic (exact) mass is 463 g/mol. The van der Waals surface area contributed by atoms with E-state index in [0.717, 1.165) is 27.6 Å². The van der Waals surface area contributed by atoms with Crippen LogP contribution in [0.25, 0.3) is 11.4 Å². The summed E-state index contributed by atoms with van der Waals surface area (Å²) in [6.45, 7) is 10.7.